The van der Waals surface area contributed by atoms with Gasteiger partial charge in [0.25, 0.3) is 0 Å². The fourth-order valence-corrected chi connectivity index (χ4v) is 2.82. The average Bonchev–Trinajstić information content (AvgIpc) is 2.59. The van der Waals surface area contributed by atoms with E-state index in [0.29, 0.717) is 24.6 Å². The van der Waals surface area contributed by atoms with E-state index >= 15 is 0 Å². The van der Waals surface area contributed by atoms with Gasteiger partial charge in [-0.05, 0) is 12.8 Å². The van der Waals surface area contributed by atoms with Crippen molar-refractivity contribution < 1.29 is 24.2 Å². The summed E-state index contributed by atoms with van der Waals surface area (Å²) in [6.07, 6.45) is 1.76. The van der Waals surface area contributed by atoms with E-state index in [-0.39, 0.29) is 24.8 Å². The van der Waals surface area contributed by atoms with E-state index in [1.54, 1.807) is 25.2 Å². The van der Waals surface area contributed by atoms with Crippen LogP contribution in [0.4, 0.5) is 5.69 Å². The summed E-state index contributed by atoms with van der Waals surface area (Å²) in [7, 11) is 3.20. The smallest absolute Gasteiger partial charge is 0.303 e. The van der Waals surface area contributed by atoms with Gasteiger partial charge >= 0.3 is 5.97 Å². The van der Waals surface area contributed by atoms with Crippen LogP contribution in [0.2, 0.25) is 0 Å². The molecule has 0 saturated carbocycles. The van der Waals surface area contributed by atoms with Crippen molar-refractivity contribution in [3.63, 3.8) is 0 Å². The van der Waals surface area contributed by atoms with Crippen LogP contribution in [0.5, 0.6) is 11.5 Å². The zero-order valence-electron chi connectivity index (χ0n) is 14.1. The Morgan fingerprint density at radius 2 is 1.88 bits per heavy atom. The summed E-state index contributed by atoms with van der Waals surface area (Å²) in [4.78, 5) is 24.4. The second-order valence-corrected chi connectivity index (χ2v) is 5.82. The second kappa shape index (κ2) is 8.42. The number of nitrogens with one attached hydrogen (secondary N) is 1. The summed E-state index contributed by atoms with van der Waals surface area (Å²) in [6, 6.07) is 5.68. The predicted molar refractivity (Wildman–Crippen MR) is 89.6 cm³/mol. The highest BCUT2D eigenvalue weighted by molar-refractivity contribution is 5.80. The fraction of sp³-hybridized carbons (Fsp3) is 0.529. The molecule has 0 spiro atoms. The largest absolute Gasteiger partial charge is 0.497 e. The summed E-state index contributed by atoms with van der Waals surface area (Å²) in [6.45, 7) is 1.25. The van der Waals surface area contributed by atoms with E-state index < -0.39 is 5.97 Å². The maximum atomic E-state index is 12.1. The van der Waals surface area contributed by atoms with Gasteiger partial charge in [-0.15, -0.1) is 0 Å². The van der Waals surface area contributed by atoms with Gasteiger partial charge < -0.3 is 24.8 Å². The molecule has 1 amide bonds. The van der Waals surface area contributed by atoms with Crippen molar-refractivity contribution >= 4 is 17.6 Å². The van der Waals surface area contributed by atoms with Gasteiger partial charge in [-0.3, -0.25) is 9.59 Å². The maximum Gasteiger partial charge on any atom is 0.303 e. The highest BCUT2D eigenvalue weighted by atomic mass is 16.5. The number of benzene rings is 1. The van der Waals surface area contributed by atoms with Gasteiger partial charge in [-0.1, -0.05) is 0 Å². The van der Waals surface area contributed by atoms with Crippen LogP contribution in [0.15, 0.2) is 18.2 Å². The topological polar surface area (TPSA) is 88.1 Å². The SMILES string of the molecule is COc1cc(NC2CCCN(C(=O)CCC(=O)O)C2)cc(OC)c1. The first-order chi connectivity index (χ1) is 11.5. The van der Waals surface area contributed by atoms with Crippen molar-refractivity contribution in [2.24, 2.45) is 0 Å². The summed E-state index contributed by atoms with van der Waals surface area (Å²) in [5.41, 5.74) is 0.871. The van der Waals surface area contributed by atoms with E-state index in [0.717, 1.165) is 18.5 Å². The van der Waals surface area contributed by atoms with Crippen LogP contribution in [0.25, 0.3) is 0 Å². The van der Waals surface area contributed by atoms with E-state index in [4.69, 9.17) is 14.6 Å². The Labute approximate surface area is 141 Å². The zero-order chi connectivity index (χ0) is 17.5. The number of methoxy groups -OCH3 is 2. The molecular formula is C17H24N2O5. The molecule has 1 fully saturated rings. The molecule has 1 atom stereocenters. The van der Waals surface area contributed by atoms with Crippen molar-refractivity contribution in [3.05, 3.63) is 18.2 Å². The highest BCUT2D eigenvalue weighted by Gasteiger charge is 2.24. The lowest BCUT2D eigenvalue weighted by atomic mass is 10.0. The Morgan fingerprint density at radius 1 is 1.21 bits per heavy atom. The molecule has 0 radical (unpaired) electrons. The van der Waals surface area contributed by atoms with Crippen molar-refractivity contribution in [2.75, 3.05) is 32.6 Å². The number of amides is 1. The molecule has 7 heteroatoms. The van der Waals surface area contributed by atoms with Gasteiger partial charge in [-0.2, -0.15) is 0 Å². The maximum absolute atomic E-state index is 12.1. The van der Waals surface area contributed by atoms with Gasteiger partial charge in [0.05, 0.1) is 20.6 Å². The summed E-state index contributed by atoms with van der Waals surface area (Å²) in [5.74, 6) is 0.342. The van der Waals surface area contributed by atoms with Gasteiger partial charge in [0.1, 0.15) is 11.5 Å². The van der Waals surface area contributed by atoms with Gasteiger partial charge in [0.15, 0.2) is 0 Å². The third kappa shape index (κ3) is 5.04. The molecule has 24 heavy (non-hydrogen) atoms. The number of rotatable bonds is 7. The summed E-state index contributed by atoms with van der Waals surface area (Å²) >= 11 is 0. The van der Waals surface area contributed by atoms with Crippen LogP contribution in [0, 0.1) is 0 Å². The van der Waals surface area contributed by atoms with Crippen LogP contribution >= 0.6 is 0 Å². The summed E-state index contributed by atoms with van der Waals surface area (Å²) < 4.78 is 10.5. The number of anilines is 1. The van der Waals surface area contributed by atoms with E-state index in [1.807, 2.05) is 12.1 Å². The van der Waals surface area contributed by atoms with Crippen LogP contribution in [-0.4, -0.2) is 55.2 Å². The lowest BCUT2D eigenvalue weighted by Gasteiger charge is -2.33. The Morgan fingerprint density at radius 3 is 2.46 bits per heavy atom. The summed E-state index contributed by atoms with van der Waals surface area (Å²) in [5, 5.41) is 12.1. The molecule has 1 aromatic carbocycles. The number of carbonyl (C=O) groups is 2. The number of ether oxygens (including phenoxy) is 2. The normalized spacial score (nSPS) is 17.2. The molecule has 0 aliphatic carbocycles. The van der Waals surface area contributed by atoms with Crippen molar-refractivity contribution in [3.8, 4) is 11.5 Å². The fourth-order valence-electron chi connectivity index (χ4n) is 2.82. The quantitative estimate of drug-likeness (QED) is 0.791. The minimum atomic E-state index is -0.946. The molecule has 132 valence electrons. The predicted octanol–water partition coefficient (Wildman–Crippen LogP) is 1.97. The lowest BCUT2D eigenvalue weighted by molar-refractivity contribution is -0.141. The average molecular weight is 336 g/mol. The number of carboxylic acids is 1. The number of hydrogen-bond donors (Lipinski definition) is 2. The number of hydrogen-bond acceptors (Lipinski definition) is 5. The molecule has 7 nitrogen and oxygen atoms in total. The Kier molecular flexibility index (Phi) is 6.28. The third-order valence-electron chi connectivity index (χ3n) is 4.05. The van der Waals surface area contributed by atoms with Crippen molar-refractivity contribution in [2.45, 2.75) is 31.7 Å². The third-order valence-corrected chi connectivity index (χ3v) is 4.05. The number of aliphatic carboxylic acids is 1. The van der Waals surface area contributed by atoms with Crippen molar-refractivity contribution in [1.82, 2.24) is 4.90 Å². The minimum Gasteiger partial charge on any atom is -0.497 e. The number of nitrogens with zero attached hydrogens (tertiary/aromatic N) is 1. The standard InChI is InChI=1S/C17H24N2O5/c1-23-14-8-13(9-15(10-14)24-2)18-12-4-3-7-19(11-12)16(20)5-6-17(21)22/h8-10,12,18H,3-7,11H2,1-2H3,(H,21,22). The van der Waals surface area contributed by atoms with Crippen molar-refractivity contribution in [1.29, 1.82) is 0 Å². The Balaban J connectivity index is 1.97. The first-order valence-electron chi connectivity index (χ1n) is 8.01. The number of piperidine rings is 1. The van der Waals surface area contributed by atoms with E-state index in [2.05, 4.69) is 5.32 Å². The Bertz CT molecular complexity index is 568. The van der Waals surface area contributed by atoms with Gasteiger partial charge in [-0.25, -0.2) is 0 Å². The van der Waals surface area contributed by atoms with Crippen LogP contribution in [0.3, 0.4) is 0 Å². The van der Waals surface area contributed by atoms with E-state index in [9.17, 15) is 9.59 Å². The van der Waals surface area contributed by atoms with Crippen LogP contribution in [-0.2, 0) is 9.59 Å². The molecule has 1 unspecified atom stereocenters. The van der Waals surface area contributed by atoms with Crippen LogP contribution in [0.1, 0.15) is 25.7 Å². The first kappa shape index (κ1) is 17.9. The number of carboxylic acid groups (broad SMARTS) is 1. The molecule has 1 saturated heterocycles. The first-order valence-corrected chi connectivity index (χ1v) is 8.01. The number of carbonyl (C=O) groups excluding carboxylic acids is 1. The molecule has 1 aliphatic heterocycles. The van der Waals surface area contributed by atoms with Gasteiger partial charge in [0, 0.05) is 49.4 Å². The molecule has 1 aliphatic rings. The van der Waals surface area contributed by atoms with Crippen LogP contribution < -0.4 is 14.8 Å². The zero-order valence-corrected chi connectivity index (χ0v) is 14.1. The molecular weight excluding hydrogens is 312 g/mol. The highest BCUT2D eigenvalue weighted by Crippen LogP contribution is 2.27. The molecule has 1 aromatic rings. The van der Waals surface area contributed by atoms with Gasteiger partial charge in [0.2, 0.25) is 5.91 Å². The molecule has 1 heterocycles. The molecule has 2 rings (SSSR count). The monoisotopic (exact) mass is 336 g/mol. The number of likely N-dealkylation sites (tertiary alicyclic amines) is 1. The minimum absolute atomic E-state index is 0.0506. The Hall–Kier alpha value is -2.44. The molecule has 0 aromatic heterocycles. The molecule has 0 bridgehead atoms. The second-order valence-electron chi connectivity index (χ2n) is 5.82. The van der Waals surface area contributed by atoms with E-state index in [1.165, 1.54) is 0 Å². The lowest BCUT2D eigenvalue weighted by Crippen LogP contribution is -2.45. The molecule has 2 N–H and O–H groups in total.